The first-order valence-electron chi connectivity index (χ1n) is 7.18. The van der Waals surface area contributed by atoms with E-state index in [1.54, 1.807) is 4.90 Å². The fourth-order valence-corrected chi connectivity index (χ4v) is 3.11. The van der Waals surface area contributed by atoms with Gasteiger partial charge in [0.25, 0.3) is 0 Å². The number of carbonyl (C=O) groups is 1. The van der Waals surface area contributed by atoms with E-state index in [1.807, 2.05) is 20.8 Å². The van der Waals surface area contributed by atoms with Crippen molar-refractivity contribution in [2.24, 2.45) is 0 Å². The number of alkyl halides is 1. The van der Waals surface area contributed by atoms with Crippen LogP contribution in [0.15, 0.2) is 0 Å². The average Bonchev–Trinajstić information content (AvgIpc) is 2.26. The highest BCUT2D eigenvalue weighted by molar-refractivity contribution is 5.69. The summed E-state index contributed by atoms with van der Waals surface area (Å²) in [4.78, 5) is 14.1. The number of likely N-dealkylation sites (tertiary alicyclic amines) is 1. The molecule has 0 bridgehead atoms. The molecule has 2 unspecified atom stereocenters. The Morgan fingerprint density at radius 3 is 2.79 bits per heavy atom. The van der Waals surface area contributed by atoms with Crippen LogP contribution in [0, 0.1) is 0 Å². The molecule has 0 aromatic carbocycles. The molecule has 1 N–H and O–H groups in total. The van der Waals surface area contributed by atoms with Crippen molar-refractivity contribution in [3.8, 4) is 0 Å². The van der Waals surface area contributed by atoms with Crippen molar-refractivity contribution in [1.29, 1.82) is 0 Å². The lowest BCUT2D eigenvalue weighted by Gasteiger charge is -2.50. The molecular formula is C14H25FN2O2. The molecule has 0 aliphatic carbocycles. The van der Waals surface area contributed by atoms with Crippen LogP contribution in [-0.2, 0) is 4.74 Å². The first kappa shape index (κ1) is 14.6. The van der Waals surface area contributed by atoms with Crippen LogP contribution in [-0.4, -0.2) is 47.9 Å². The number of ether oxygens (including phenoxy) is 1. The molecule has 2 aliphatic heterocycles. The highest BCUT2D eigenvalue weighted by Gasteiger charge is 2.46. The molecule has 0 aromatic rings. The molecule has 0 radical (unpaired) electrons. The van der Waals surface area contributed by atoms with E-state index in [2.05, 4.69) is 5.32 Å². The van der Waals surface area contributed by atoms with E-state index in [0.29, 0.717) is 26.1 Å². The van der Waals surface area contributed by atoms with Gasteiger partial charge in [-0.05, 0) is 40.0 Å². The maximum Gasteiger partial charge on any atom is 0.410 e. The van der Waals surface area contributed by atoms with Crippen molar-refractivity contribution in [2.45, 2.75) is 63.8 Å². The number of hydrogen-bond acceptors (Lipinski definition) is 3. The van der Waals surface area contributed by atoms with Gasteiger partial charge in [0.05, 0.1) is 5.54 Å². The molecule has 2 aliphatic rings. The number of nitrogens with one attached hydrogen (secondary N) is 1. The molecule has 0 aromatic heterocycles. The van der Waals surface area contributed by atoms with E-state index >= 15 is 0 Å². The van der Waals surface area contributed by atoms with Crippen LogP contribution in [0.25, 0.3) is 0 Å². The number of rotatable bonds is 0. The second-order valence-corrected chi connectivity index (χ2v) is 6.75. The molecule has 4 nitrogen and oxygen atoms in total. The molecule has 0 saturated carbocycles. The van der Waals surface area contributed by atoms with Crippen LogP contribution in [0.2, 0.25) is 0 Å². The van der Waals surface area contributed by atoms with E-state index in [1.165, 1.54) is 0 Å². The van der Waals surface area contributed by atoms with Gasteiger partial charge in [0.15, 0.2) is 0 Å². The van der Waals surface area contributed by atoms with Crippen LogP contribution in [0.4, 0.5) is 9.18 Å². The van der Waals surface area contributed by atoms with Crippen LogP contribution in [0.1, 0.15) is 46.5 Å². The topological polar surface area (TPSA) is 41.6 Å². The lowest BCUT2D eigenvalue weighted by Crippen LogP contribution is -2.64. The van der Waals surface area contributed by atoms with Gasteiger partial charge in [-0.25, -0.2) is 9.18 Å². The molecule has 2 saturated heterocycles. The summed E-state index contributed by atoms with van der Waals surface area (Å²) in [6.07, 6.45) is 2.13. The number of nitrogens with zero attached hydrogens (tertiary/aromatic N) is 1. The Morgan fingerprint density at radius 2 is 2.16 bits per heavy atom. The minimum atomic E-state index is -0.878. The monoisotopic (exact) mass is 272 g/mol. The lowest BCUT2D eigenvalue weighted by molar-refractivity contribution is -0.0318. The summed E-state index contributed by atoms with van der Waals surface area (Å²) in [5.41, 5.74) is -0.898. The summed E-state index contributed by atoms with van der Waals surface area (Å²) < 4.78 is 19.2. The third-order valence-electron chi connectivity index (χ3n) is 3.88. The fraction of sp³-hybridized carbons (Fsp3) is 0.929. The predicted octanol–water partition coefficient (Wildman–Crippen LogP) is 2.48. The molecule has 1 amide bonds. The van der Waals surface area contributed by atoms with Crippen LogP contribution < -0.4 is 5.32 Å². The van der Waals surface area contributed by atoms with Crippen molar-refractivity contribution in [3.63, 3.8) is 0 Å². The first-order chi connectivity index (χ1) is 8.82. The van der Waals surface area contributed by atoms with Crippen molar-refractivity contribution < 1.29 is 13.9 Å². The number of amides is 1. The van der Waals surface area contributed by atoms with E-state index in [0.717, 1.165) is 19.3 Å². The summed E-state index contributed by atoms with van der Waals surface area (Å²) in [5.74, 6) is 0. The van der Waals surface area contributed by atoms with Crippen molar-refractivity contribution in [2.75, 3.05) is 19.6 Å². The average molecular weight is 272 g/mol. The van der Waals surface area contributed by atoms with Gasteiger partial charge in [-0.2, -0.15) is 0 Å². The van der Waals surface area contributed by atoms with Gasteiger partial charge < -0.3 is 15.0 Å². The third kappa shape index (κ3) is 3.38. The zero-order chi connectivity index (χ0) is 14.1. The van der Waals surface area contributed by atoms with E-state index in [4.69, 9.17) is 4.74 Å². The minimum Gasteiger partial charge on any atom is -0.444 e. The highest BCUT2D eigenvalue weighted by atomic mass is 19.1. The largest absolute Gasteiger partial charge is 0.444 e. The van der Waals surface area contributed by atoms with Crippen LogP contribution in [0.5, 0.6) is 0 Å². The predicted molar refractivity (Wildman–Crippen MR) is 71.9 cm³/mol. The second-order valence-electron chi connectivity index (χ2n) is 6.75. The Bertz CT molecular complexity index is 339. The zero-order valence-corrected chi connectivity index (χ0v) is 12.2. The number of hydrogen-bond donors (Lipinski definition) is 1. The molecule has 2 atom stereocenters. The summed E-state index contributed by atoms with van der Waals surface area (Å²) in [6.45, 7) is 7.32. The normalized spacial score (nSPS) is 32.4. The Balaban J connectivity index is 2.13. The molecule has 2 fully saturated rings. The first-order valence-corrected chi connectivity index (χ1v) is 7.18. The number of piperidine rings is 2. The van der Waals surface area contributed by atoms with E-state index in [9.17, 15) is 9.18 Å². The SMILES string of the molecule is CC(C)(C)OC(=O)N1CCCCC12CNCC(F)C2. The minimum absolute atomic E-state index is 0.303. The Hall–Kier alpha value is -0.840. The number of halogens is 1. The van der Waals surface area contributed by atoms with Gasteiger partial charge in [0.1, 0.15) is 11.8 Å². The van der Waals surface area contributed by atoms with Gasteiger partial charge in [0.2, 0.25) is 0 Å². The summed E-state index contributed by atoms with van der Waals surface area (Å²) in [5, 5.41) is 3.12. The summed E-state index contributed by atoms with van der Waals surface area (Å²) in [7, 11) is 0. The summed E-state index contributed by atoms with van der Waals surface area (Å²) in [6, 6.07) is 0. The van der Waals surface area contributed by atoms with Crippen molar-refractivity contribution >= 4 is 6.09 Å². The van der Waals surface area contributed by atoms with Crippen LogP contribution >= 0.6 is 0 Å². The lowest BCUT2D eigenvalue weighted by atomic mass is 9.80. The maximum atomic E-state index is 13.7. The second kappa shape index (κ2) is 5.27. The maximum absolute atomic E-state index is 13.7. The number of carbonyl (C=O) groups excluding carboxylic acids is 1. The molecule has 2 heterocycles. The quantitative estimate of drug-likeness (QED) is 0.736. The van der Waals surface area contributed by atoms with Crippen LogP contribution in [0.3, 0.4) is 0 Å². The highest BCUT2D eigenvalue weighted by Crippen LogP contribution is 2.35. The zero-order valence-electron chi connectivity index (χ0n) is 12.2. The Kier molecular flexibility index (Phi) is 4.04. The van der Waals surface area contributed by atoms with Crippen molar-refractivity contribution in [1.82, 2.24) is 10.2 Å². The molecular weight excluding hydrogens is 247 g/mol. The van der Waals surface area contributed by atoms with E-state index in [-0.39, 0.29) is 6.09 Å². The van der Waals surface area contributed by atoms with Gasteiger partial charge in [-0.1, -0.05) is 0 Å². The third-order valence-corrected chi connectivity index (χ3v) is 3.88. The standard InChI is InChI=1S/C14H25FN2O2/c1-13(2,3)19-12(18)17-7-5-4-6-14(17)8-11(15)9-16-10-14/h11,16H,4-10H2,1-3H3. The molecule has 110 valence electrons. The Labute approximate surface area is 114 Å². The molecule has 19 heavy (non-hydrogen) atoms. The summed E-state index contributed by atoms with van der Waals surface area (Å²) >= 11 is 0. The molecule has 1 spiro atoms. The molecule has 2 rings (SSSR count). The Morgan fingerprint density at radius 1 is 1.42 bits per heavy atom. The van der Waals surface area contributed by atoms with Gasteiger partial charge in [0, 0.05) is 26.1 Å². The molecule has 5 heteroatoms. The van der Waals surface area contributed by atoms with Gasteiger partial charge >= 0.3 is 6.09 Å². The van der Waals surface area contributed by atoms with Crippen molar-refractivity contribution in [3.05, 3.63) is 0 Å². The fourth-order valence-electron chi connectivity index (χ4n) is 3.11. The smallest absolute Gasteiger partial charge is 0.410 e. The van der Waals surface area contributed by atoms with Gasteiger partial charge in [-0.15, -0.1) is 0 Å². The van der Waals surface area contributed by atoms with Gasteiger partial charge in [-0.3, -0.25) is 0 Å². The van der Waals surface area contributed by atoms with E-state index < -0.39 is 17.3 Å².